The summed E-state index contributed by atoms with van der Waals surface area (Å²) >= 11 is 0. The number of hydrogen-bond donors (Lipinski definition) is 1. The van der Waals surface area contributed by atoms with E-state index < -0.39 is 59.2 Å². The van der Waals surface area contributed by atoms with E-state index in [9.17, 15) is 27.6 Å². The van der Waals surface area contributed by atoms with Crippen molar-refractivity contribution in [2.45, 2.75) is 19.0 Å². The second kappa shape index (κ2) is 6.14. The number of imide groups is 1. The average Bonchev–Trinajstić information content (AvgIpc) is 3.08. The van der Waals surface area contributed by atoms with Crippen molar-refractivity contribution >= 4 is 17.8 Å². The normalized spacial score (nSPS) is 28.4. The van der Waals surface area contributed by atoms with E-state index in [2.05, 4.69) is 10.1 Å². The molecule has 1 aromatic rings. The van der Waals surface area contributed by atoms with Crippen LogP contribution in [0, 0.1) is 29.3 Å². The molecule has 2 fully saturated rings. The Morgan fingerprint density at radius 3 is 2.32 bits per heavy atom. The smallest absolute Gasteiger partial charge is 0.323 e. The maximum absolute atomic E-state index is 14.2. The molecule has 1 N–H and O–H groups in total. The number of carbonyl (C=O) groups is 3. The third kappa shape index (κ3) is 2.50. The quantitative estimate of drug-likeness (QED) is 0.495. The summed E-state index contributed by atoms with van der Waals surface area (Å²) in [4.78, 5) is 38.0. The third-order valence-corrected chi connectivity index (χ3v) is 4.71. The van der Waals surface area contributed by atoms with Crippen LogP contribution in [0.25, 0.3) is 0 Å². The molecule has 2 amide bonds. The summed E-state index contributed by atoms with van der Waals surface area (Å²) in [6.07, 6.45) is 0. The number of carbonyl (C=O) groups excluding carboxylic acids is 3. The molecule has 0 saturated carbocycles. The zero-order valence-corrected chi connectivity index (χ0v) is 13.4. The fourth-order valence-electron chi connectivity index (χ4n) is 3.59. The van der Waals surface area contributed by atoms with E-state index in [1.165, 1.54) is 0 Å². The molecule has 2 saturated heterocycles. The van der Waals surface area contributed by atoms with Crippen molar-refractivity contribution in [1.82, 2.24) is 10.2 Å². The lowest BCUT2D eigenvalue weighted by atomic mass is 9.86. The van der Waals surface area contributed by atoms with Crippen molar-refractivity contribution in [3.8, 4) is 0 Å². The van der Waals surface area contributed by atoms with E-state index in [4.69, 9.17) is 0 Å². The zero-order valence-electron chi connectivity index (χ0n) is 13.4. The molecule has 0 radical (unpaired) electrons. The van der Waals surface area contributed by atoms with Crippen LogP contribution in [-0.4, -0.2) is 42.4 Å². The maximum atomic E-state index is 14.2. The third-order valence-electron chi connectivity index (χ3n) is 4.71. The molecule has 0 bridgehead atoms. The van der Waals surface area contributed by atoms with E-state index in [-0.39, 0.29) is 12.1 Å². The highest BCUT2D eigenvalue weighted by Crippen LogP contribution is 2.44. The zero-order chi connectivity index (χ0) is 18.5. The number of nitrogens with zero attached hydrogens (tertiary/aromatic N) is 1. The highest BCUT2D eigenvalue weighted by atomic mass is 19.2. The molecule has 4 atom stereocenters. The molecule has 2 aliphatic rings. The minimum absolute atomic E-state index is 0.0888. The number of benzene rings is 1. The molecule has 9 heteroatoms. The summed E-state index contributed by atoms with van der Waals surface area (Å²) in [5, 5.41) is 2.68. The first kappa shape index (κ1) is 17.4. The maximum Gasteiger partial charge on any atom is 0.323 e. The van der Waals surface area contributed by atoms with Crippen molar-refractivity contribution in [1.29, 1.82) is 0 Å². The van der Waals surface area contributed by atoms with Crippen LogP contribution in [0.1, 0.15) is 18.5 Å². The van der Waals surface area contributed by atoms with Crippen molar-refractivity contribution in [3.05, 3.63) is 35.1 Å². The van der Waals surface area contributed by atoms with Crippen molar-refractivity contribution in [3.63, 3.8) is 0 Å². The van der Waals surface area contributed by atoms with Gasteiger partial charge < -0.3 is 4.74 Å². The molecule has 134 valence electrons. The molecular weight excluding hydrogens is 341 g/mol. The number of methoxy groups -OCH3 is 1. The van der Waals surface area contributed by atoms with Crippen molar-refractivity contribution < 1.29 is 32.3 Å². The average molecular weight is 356 g/mol. The van der Waals surface area contributed by atoms with Gasteiger partial charge in [-0.3, -0.25) is 24.6 Å². The second-order valence-electron chi connectivity index (χ2n) is 5.91. The number of esters is 1. The first-order valence-corrected chi connectivity index (χ1v) is 7.65. The number of fused-ring (bicyclic) bond motifs is 1. The predicted octanol–water partition coefficient (Wildman–Crippen LogP) is 0.911. The lowest BCUT2D eigenvalue weighted by molar-refractivity contribution is -0.148. The van der Waals surface area contributed by atoms with E-state index >= 15 is 0 Å². The van der Waals surface area contributed by atoms with Crippen LogP contribution in [0.15, 0.2) is 12.1 Å². The van der Waals surface area contributed by atoms with Crippen LogP contribution >= 0.6 is 0 Å². The van der Waals surface area contributed by atoms with Gasteiger partial charge in [-0.15, -0.1) is 0 Å². The summed E-state index contributed by atoms with van der Waals surface area (Å²) in [5.41, 5.74) is -0.320. The SMILES string of the molecule is CCN1C(=O)[C@@H]2[C@H](C1=O)[C@H](C(=O)OC)N[C@@H]2c1cc(F)c(F)cc1F. The summed E-state index contributed by atoms with van der Waals surface area (Å²) < 4.78 is 45.6. The van der Waals surface area contributed by atoms with Crippen molar-refractivity contribution in [2.75, 3.05) is 13.7 Å². The number of likely N-dealkylation sites (tertiary alicyclic amines) is 1. The van der Waals surface area contributed by atoms with Gasteiger partial charge >= 0.3 is 5.97 Å². The molecule has 2 aliphatic heterocycles. The topological polar surface area (TPSA) is 75.7 Å². The van der Waals surface area contributed by atoms with Gasteiger partial charge in [0, 0.05) is 24.2 Å². The van der Waals surface area contributed by atoms with E-state index in [0.29, 0.717) is 12.1 Å². The molecular formula is C16H15F3N2O4. The molecule has 0 aliphatic carbocycles. The molecule has 0 spiro atoms. The van der Waals surface area contributed by atoms with Crippen LogP contribution in [0.2, 0.25) is 0 Å². The van der Waals surface area contributed by atoms with Gasteiger partial charge in [-0.05, 0) is 13.0 Å². The molecule has 3 rings (SSSR count). The van der Waals surface area contributed by atoms with Gasteiger partial charge in [0.2, 0.25) is 11.8 Å². The molecule has 6 nitrogen and oxygen atoms in total. The molecule has 2 heterocycles. The van der Waals surface area contributed by atoms with Gasteiger partial charge in [0.05, 0.1) is 18.9 Å². The summed E-state index contributed by atoms with van der Waals surface area (Å²) in [5.74, 6) is -7.88. The minimum atomic E-state index is -1.37. The molecule has 1 aromatic carbocycles. The largest absolute Gasteiger partial charge is 0.468 e. The standard InChI is InChI=1S/C16H15F3N2O4/c1-3-21-14(22)10-11(15(21)23)13(16(24)25-2)20-12(10)6-4-8(18)9(19)5-7(6)17/h4-5,10-13,20H,3H2,1-2H3/t10-,11+,12-,13-/m1/s1. The van der Waals surface area contributed by atoms with Crippen LogP contribution in [0.4, 0.5) is 13.2 Å². The van der Waals surface area contributed by atoms with Gasteiger partial charge in [0.1, 0.15) is 11.9 Å². The highest BCUT2D eigenvalue weighted by molar-refractivity contribution is 6.08. The fraction of sp³-hybridized carbons (Fsp3) is 0.438. The fourth-order valence-corrected chi connectivity index (χ4v) is 3.59. The summed E-state index contributed by atoms with van der Waals surface area (Å²) in [7, 11) is 1.11. The predicted molar refractivity (Wildman–Crippen MR) is 77.4 cm³/mol. The van der Waals surface area contributed by atoms with E-state index in [1.807, 2.05) is 0 Å². The van der Waals surface area contributed by atoms with Gasteiger partial charge in [-0.2, -0.15) is 0 Å². The Bertz CT molecular complexity index is 770. The number of ether oxygens (including phenoxy) is 1. The van der Waals surface area contributed by atoms with Gasteiger partial charge in [0.25, 0.3) is 0 Å². The Balaban J connectivity index is 2.09. The minimum Gasteiger partial charge on any atom is -0.468 e. The second-order valence-corrected chi connectivity index (χ2v) is 5.91. The monoisotopic (exact) mass is 356 g/mol. The summed E-state index contributed by atoms with van der Waals surface area (Å²) in [6.45, 7) is 1.68. The van der Waals surface area contributed by atoms with Gasteiger partial charge in [0.15, 0.2) is 11.6 Å². The molecule has 0 aromatic heterocycles. The Morgan fingerprint density at radius 1 is 1.12 bits per heavy atom. The van der Waals surface area contributed by atoms with Crippen LogP contribution < -0.4 is 5.32 Å². The number of hydrogen-bond acceptors (Lipinski definition) is 5. The Labute approximate surface area is 140 Å². The highest BCUT2D eigenvalue weighted by Gasteiger charge is 2.61. The Morgan fingerprint density at radius 2 is 1.72 bits per heavy atom. The van der Waals surface area contributed by atoms with E-state index in [0.717, 1.165) is 12.0 Å². The lowest BCUT2D eigenvalue weighted by Gasteiger charge is -2.21. The number of nitrogens with one attached hydrogen (secondary N) is 1. The first-order valence-electron chi connectivity index (χ1n) is 7.65. The Hall–Kier alpha value is -2.42. The Kier molecular flexibility index (Phi) is 4.28. The number of rotatable bonds is 3. The summed E-state index contributed by atoms with van der Waals surface area (Å²) in [6, 6.07) is -1.34. The lowest BCUT2D eigenvalue weighted by Crippen LogP contribution is -2.43. The van der Waals surface area contributed by atoms with Gasteiger partial charge in [-0.25, -0.2) is 13.2 Å². The molecule has 0 unspecified atom stereocenters. The number of halogens is 3. The molecule has 25 heavy (non-hydrogen) atoms. The van der Waals surface area contributed by atoms with Crippen LogP contribution in [0.5, 0.6) is 0 Å². The number of amides is 2. The van der Waals surface area contributed by atoms with Crippen LogP contribution in [0.3, 0.4) is 0 Å². The van der Waals surface area contributed by atoms with Gasteiger partial charge in [-0.1, -0.05) is 0 Å². The first-order chi connectivity index (χ1) is 11.8. The van der Waals surface area contributed by atoms with Crippen molar-refractivity contribution in [2.24, 2.45) is 11.8 Å². The van der Waals surface area contributed by atoms with E-state index in [1.54, 1.807) is 6.92 Å². The van der Waals surface area contributed by atoms with Crippen LogP contribution in [-0.2, 0) is 19.1 Å².